The van der Waals surface area contributed by atoms with Crippen molar-refractivity contribution in [2.75, 3.05) is 0 Å². The van der Waals surface area contributed by atoms with Crippen molar-refractivity contribution in [2.45, 2.75) is 0 Å². The Hall–Kier alpha value is -3.00. The number of rotatable bonds is 1. The molecule has 0 fully saturated rings. The molecule has 1 nitrogen and oxygen atoms in total. The first-order chi connectivity index (χ1) is 11.8. The molecule has 0 aliphatic heterocycles. The number of hydrogen-bond acceptors (Lipinski definition) is 0. The van der Waals surface area contributed by atoms with Crippen molar-refractivity contribution in [3.63, 3.8) is 0 Å². The van der Waals surface area contributed by atoms with Gasteiger partial charge in [0.15, 0.2) is 0 Å². The second kappa shape index (κ2) is 5.00. The highest BCUT2D eigenvalue weighted by atomic mass is 15.0. The molecule has 0 spiro atoms. The van der Waals surface area contributed by atoms with Gasteiger partial charge in [0, 0.05) is 16.5 Å². The van der Waals surface area contributed by atoms with Gasteiger partial charge < -0.3 is 4.57 Å². The zero-order valence-electron chi connectivity index (χ0n) is 13.5. The molecule has 0 aliphatic rings. The molecule has 24 heavy (non-hydrogen) atoms. The van der Waals surface area contributed by atoms with E-state index in [9.17, 15) is 0 Å². The first-order valence-electron chi connectivity index (χ1n) is 8.31. The molecule has 0 unspecified atom stereocenters. The molecule has 112 valence electrons. The average molecular weight is 305 g/mol. The smallest absolute Gasteiger partial charge is 0.139 e. The quantitative estimate of drug-likeness (QED) is 0.409. The number of aromatic nitrogens is 1. The van der Waals surface area contributed by atoms with E-state index < -0.39 is 0 Å². The average Bonchev–Trinajstić information content (AvgIpc) is 2.97. The summed E-state index contributed by atoms with van der Waals surface area (Å²) in [5, 5.41) is 5.25. The van der Waals surface area contributed by atoms with E-state index in [2.05, 4.69) is 97.3 Å². The van der Waals surface area contributed by atoms with Crippen molar-refractivity contribution < 1.29 is 0 Å². The number of para-hydroxylation sites is 1. The largest absolute Gasteiger partial charge is 0.309 e. The zero-order chi connectivity index (χ0) is 16.1. The highest BCUT2D eigenvalue weighted by Gasteiger charge is 2.13. The summed E-state index contributed by atoms with van der Waals surface area (Å²) in [5.74, 6) is 0. The second-order valence-corrected chi connectivity index (χ2v) is 6.37. The van der Waals surface area contributed by atoms with Gasteiger partial charge >= 0.3 is 0 Å². The third-order valence-electron chi connectivity index (χ3n) is 4.85. The van der Waals surface area contributed by atoms with Gasteiger partial charge in [-0.25, -0.2) is 0 Å². The SMILES string of the molecule is Bc1ccc(-n2c3ccccc3c3c4ccccc4ccc32)cc1. The van der Waals surface area contributed by atoms with Gasteiger partial charge in [-0.05, 0) is 35.0 Å². The van der Waals surface area contributed by atoms with Crippen LogP contribution in [0.1, 0.15) is 0 Å². The monoisotopic (exact) mass is 305 g/mol. The van der Waals surface area contributed by atoms with E-state index in [4.69, 9.17) is 0 Å². The lowest BCUT2D eigenvalue weighted by Gasteiger charge is -2.08. The third-order valence-corrected chi connectivity index (χ3v) is 4.85. The van der Waals surface area contributed by atoms with Crippen LogP contribution in [-0.4, -0.2) is 12.4 Å². The lowest BCUT2D eigenvalue weighted by atomic mass is 9.96. The van der Waals surface area contributed by atoms with E-state index in [1.807, 2.05) is 0 Å². The molecule has 2 heteroatoms. The standard InChI is InChI=1S/C22H16BN/c23-16-10-12-17(13-11-16)24-20-8-4-3-7-19(20)22-18-6-2-1-5-15(18)9-14-21(22)24/h1-14H,23H2. The molecule has 0 N–H and O–H groups in total. The molecular formula is C22H16BN. The Morgan fingerprint density at radius 2 is 1.29 bits per heavy atom. The van der Waals surface area contributed by atoms with E-state index in [1.54, 1.807) is 0 Å². The van der Waals surface area contributed by atoms with Crippen LogP contribution < -0.4 is 5.46 Å². The van der Waals surface area contributed by atoms with Crippen LogP contribution in [0.5, 0.6) is 0 Å². The van der Waals surface area contributed by atoms with Crippen LogP contribution in [0, 0.1) is 0 Å². The van der Waals surface area contributed by atoms with Crippen LogP contribution in [0.25, 0.3) is 38.3 Å². The van der Waals surface area contributed by atoms with Crippen LogP contribution in [0.3, 0.4) is 0 Å². The Kier molecular flexibility index (Phi) is 2.80. The molecule has 0 radical (unpaired) electrons. The fraction of sp³-hybridized carbons (Fsp3) is 0. The second-order valence-electron chi connectivity index (χ2n) is 6.37. The molecule has 0 amide bonds. The summed E-state index contributed by atoms with van der Waals surface area (Å²) in [7, 11) is 2.13. The Morgan fingerprint density at radius 3 is 2.12 bits per heavy atom. The van der Waals surface area contributed by atoms with E-state index in [0.717, 1.165) is 0 Å². The van der Waals surface area contributed by atoms with Crippen LogP contribution in [0.15, 0.2) is 84.9 Å². The van der Waals surface area contributed by atoms with Crippen molar-refractivity contribution >= 4 is 45.9 Å². The Morgan fingerprint density at radius 1 is 0.583 bits per heavy atom. The van der Waals surface area contributed by atoms with Gasteiger partial charge in [0.2, 0.25) is 0 Å². The summed E-state index contributed by atoms with van der Waals surface area (Å²) < 4.78 is 2.37. The Balaban J connectivity index is 2.02. The van der Waals surface area contributed by atoms with Gasteiger partial charge in [-0.1, -0.05) is 66.1 Å². The molecule has 0 bridgehead atoms. The summed E-state index contributed by atoms with van der Waals surface area (Å²) in [6.07, 6.45) is 0. The minimum absolute atomic E-state index is 1.21. The van der Waals surface area contributed by atoms with E-state index in [0.29, 0.717) is 0 Å². The molecule has 0 aliphatic carbocycles. The Labute approximate surface area is 141 Å². The fourth-order valence-corrected chi connectivity index (χ4v) is 3.71. The lowest BCUT2D eigenvalue weighted by molar-refractivity contribution is 1.18. The maximum atomic E-state index is 2.37. The van der Waals surface area contributed by atoms with E-state index in [1.165, 1.54) is 43.7 Å². The van der Waals surface area contributed by atoms with Gasteiger partial charge in [0.05, 0.1) is 11.0 Å². The maximum Gasteiger partial charge on any atom is 0.139 e. The number of benzene rings is 4. The molecule has 5 rings (SSSR count). The molecule has 5 aromatic rings. The van der Waals surface area contributed by atoms with Gasteiger partial charge in [0.25, 0.3) is 0 Å². The van der Waals surface area contributed by atoms with Gasteiger partial charge in [-0.15, -0.1) is 0 Å². The summed E-state index contributed by atoms with van der Waals surface area (Å²) in [5.41, 5.74) is 5.01. The number of hydrogen-bond donors (Lipinski definition) is 0. The van der Waals surface area contributed by atoms with E-state index in [-0.39, 0.29) is 0 Å². The summed E-state index contributed by atoms with van der Waals surface area (Å²) in [6, 6.07) is 30.6. The Bertz CT molecular complexity index is 1200. The van der Waals surface area contributed by atoms with Crippen molar-refractivity contribution in [1.82, 2.24) is 4.57 Å². The molecule has 0 saturated carbocycles. The minimum atomic E-state index is 1.21. The molecular weight excluding hydrogens is 289 g/mol. The highest BCUT2D eigenvalue weighted by molar-refractivity contribution is 6.32. The van der Waals surface area contributed by atoms with Crippen molar-refractivity contribution in [2.24, 2.45) is 0 Å². The fourth-order valence-electron chi connectivity index (χ4n) is 3.71. The molecule has 0 atom stereocenters. The molecule has 1 aromatic heterocycles. The highest BCUT2D eigenvalue weighted by Crippen LogP contribution is 2.36. The van der Waals surface area contributed by atoms with Crippen LogP contribution in [0.2, 0.25) is 0 Å². The first kappa shape index (κ1) is 13.4. The van der Waals surface area contributed by atoms with Crippen molar-refractivity contribution in [1.29, 1.82) is 0 Å². The normalized spacial score (nSPS) is 11.5. The minimum Gasteiger partial charge on any atom is -0.309 e. The summed E-state index contributed by atoms with van der Waals surface area (Å²) in [6.45, 7) is 0. The topological polar surface area (TPSA) is 4.93 Å². The number of fused-ring (bicyclic) bond motifs is 5. The predicted molar refractivity (Wildman–Crippen MR) is 106 cm³/mol. The molecule has 4 aromatic carbocycles. The maximum absolute atomic E-state index is 2.37. The molecule has 0 saturated heterocycles. The van der Waals surface area contributed by atoms with Gasteiger partial charge in [0.1, 0.15) is 7.85 Å². The van der Waals surface area contributed by atoms with Crippen LogP contribution in [0.4, 0.5) is 0 Å². The van der Waals surface area contributed by atoms with Crippen LogP contribution in [-0.2, 0) is 0 Å². The van der Waals surface area contributed by atoms with Gasteiger partial charge in [-0.3, -0.25) is 0 Å². The van der Waals surface area contributed by atoms with E-state index >= 15 is 0 Å². The van der Waals surface area contributed by atoms with Crippen LogP contribution >= 0.6 is 0 Å². The van der Waals surface area contributed by atoms with Crippen molar-refractivity contribution in [3.05, 3.63) is 84.9 Å². The number of nitrogens with zero attached hydrogens (tertiary/aromatic N) is 1. The zero-order valence-corrected chi connectivity index (χ0v) is 13.5. The third kappa shape index (κ3) is 1.83. The summed E-state index contributed by atoms with van der Waals surface area (Å²) >= 11 is 0. The lowest BCUT2D eigenvalue weighted by Crippen LogP contribution is -2.02. The molecule has 1 heterocycles. The van der Waals surface area contributed by atoms with Crippen molar-refractivity contribution in [3.8, 4) is 5.69 Å². The van der Waals surface area contributed by atoms with Gasteiger partial charge in [-0.2, -0.15) is 0 Å². The first-order valence-corrected chi connectivity index (χ1v) is 8.31. The predicted octanol–water partition coefficient (Wildman–Crippen LogP) is 4.20. The summed E-state index contributed by atoms with van der Waals surface area (Å²) in [4.78, 5) is 0.